The van der Waals surface area contributed by atoms with Gasteiger partial charge in [-0.05, 0) is 38.1 Å². The average Bonchev–Trinajstić information content (AvgIpc) is 3.06. The van der Waals surface area contributed by atoms with E-state index < -0.39 is 11.1 Å². The fourth-order valence-electron chi connectivity index (χ4n) is 2.07. The normalized spacial score (nSPS) is 11.8. The van der Waals surface area contributed by atoms with Crippen LogP contribution in [0.15, 0.2) is 52.9 Å². The Bertz CT molecular complexity index is 898. The van der Waals surface area contributed by atoms with Gasteiger partial charge in [-0.1, -0.05) is 52.9 Å². The summed E-state index contributed by atoms with van der Waals surface area (Å²) in [5.74, 6) is -0.748. The summed E-state index contributed by atoms with van der Waals surface area (Å²) in [6.45, 7) is 3.77. The molecule has 5 nitrogen and oxygen atoms in total. The third kappa shape index (κ3) is 4.80. The van der Waals surface area contributed by atoms with E-state index in [1.165, 1.54) is 40.8 Å². The Balaban J connectivity index is 1.58. The number of rotatable bonds is 6. The first kappa shape index (κ1) is 18.3. The molecule has 3 aromatic rings. The first-order valence-electron chi connectivity index (χ1n) is 7.90. The van der Waals surface area contributed by atoms with Crippen LogP contribution in [0.25, 0.3) is 0 Å². The van der Waals surface area contributed by atoms with Crippen molar-refractivity contribution in [2.24, 2.45) is 0 Å². The molecule has 1 heterocycles. The highest BCUT2D eigenvalue weighted by Crippen LogP contribution is 2.31. The van der Waals surface area contributed by atoms with Crippen molar-refractivity contribution in [1.82, 2.24) is 10.2 Å². The van der Waals surface area contributed by atoms with E-state index in [4.69, 9.17) is 0 Å². The largest absolute Gasteiger partial charge is 0.330 e. The van der Waals surface area contributed by atoms with Crippen LogP contribution in [0.1, 0.15) is 12.5 Å². The fourth-order valence-corrected chi connectivity index (χ4v) is 3.99. The number of carbonyl (C=O) groups is 1. The Morgan fingerprint density at radius 1 is 1.15 bits per heavy atom. The van der Waals surface area contributed by atoms with E-state index >= 15 is 0 Å². The summed E-state index contributed by atoms with van der Waals surface area (Å²) in [7, 11) is 0. The van der Waals surface area contributed by atoms with E-state index in [9.17, 15) is 9.18 Å². The van der Waals surface area contributed by atoms with Crippen molar-refractivity contribution in [1.29, 1.82) is 0 Å². The predicted molar refractivity (Wildman–Crippen MR) is 105 cm³/mol. The van der Waals surface area contributed by atoms with E-state index in [-0.39, 0.29) is 11.6 Å². The maximum Gasteiger partial charge on any atom is 0.237 e. The highest BCUT2D eigenvalue weighted by Gasteiger charge is 2.18. The van der Waals surface area contributed by atoms with Crippen molar-refractivity contribution in [2.75, 3.05) is 10.6 Å². The predicted octanol–water partition coefficient (Wildman–Crippen LogP) is 4.85. The number of anilines is 3. The van der Waals surface area contributed by atoms with Crippen LogP contribution in [-0.4, -0.2) is 21.4 Å². The monoisotopic (exact) mass is 388 g/mol. The van der Waals surface area contributed by atoms with E-state index in [2.05, 4.69) is 20.8 Å². The Labute approximate surface area is 159 Å². The van der Waals surface area contributed by atoms with Gasteiger partial charge in [0.2, 0.25) is 11.0 Å². The average molecular weight is 388 g/mol. The molecule has 0 aliphatic rings. The lowest BCUT2D eigenvalue weighted by molar-refractivity contribution is -0.115. The Morgan fingerprint density at radius 3 is 2.62 bits per heavy atom. The van der Waals surface area contributed by atoms with Gasteiger partial charge >= 0.3 is 0 Å². The second-order valence-electron chi connectivity index (χ2n) is 5.59. The zero-order valence-corrected chi connectivity index (χ0v) is 15.8. The second kappa shape index (κ2) is 8.29. The minimum atomic E-state index is -0.460. The van der Waals surface area contributed by atoms with Crippen molar-refractivity contribution in [3.8, 4) is 0 Å². The second-order valence-corrected chi connectivity index (χ2v) is 8.16. The summed E-state index contributed by atoms with van der Waals surface area (Å²) in [6.07, 6.45) is 0. The highest BCUT2D eigenvalue weighted by molar-refractivity contribution is 8.02. The minimum absolute atomic E-state index is 0.170. The number of para-hydroxylation sites is 1. The van der Waals surface area contributed by atoms with Crippen molar-refractivity contribution >= 4 is 45.5 Å². The maximum atomic E-state index is 13.6. The smallest absolute Gasteiger partial charge is 0.237 e. The molecular formula is C18H17FN4OS2. The molecular weight excluding hydrogens is 371 g/mol. The Morgan fingerprint density at radius 2 is 1.88 bits per heavy atom. The molecule has 1 aromatic heterocycles. The van der Waals surface area contributed by atoms with Crippen LogP contribution in [0.4, 0.5) is 20.9 Å². The molecule has 1 atom stereocenters. The topological polar surface area (TPSA) is 66.9 Å². The number of nitrogens with one attached hydrogen (secondary N) is 2. The Kier molecular flexibility index (Phi) is 5.85. The van der Waals surface area contributed by atoms with Gasteiger partial charge in [0.1, 0.15) is 5.82 Å². The summed E-state index contributed by atoms with van der Waals surface area (Å²) < 4.78 is 14.3. The number of nitrogens with zero attached hydrogens (tertiary/aromatic N) is 2. The van der Waals surface area contributed by atoms with Gasteiger partial charge in [0, 0.05) is 5.69 Å². The lowest BCUT2D eigenvalue weighted by Crippen LogP contribution is -2.22. The molecule has 0 unspecified atom stereocenters. The summed E-state index contributed by atoms with van der Waals surface area (Å²) in [6, 6.07) is 14.0. The molecule has 0 saturated carbocycles. The van der Waals surface area contributed by atoms with Crippen molar-refractivity contribution in [3.05, 3.63) is 59.9 Å². The number of halogens is 1. The summed E-state index contributed by atoms with van der Waals surface area (Å²) in [5, 5.41) is 14.2. The molecule has 0 aliphatic carbocycles. The summed E-state index contributed by atoms with van der Waals surface area (Å²) in [5.41, 5.74) is 2.27. The van der Waals surface area contributed by atoms with Crippen LogP contribution >= 0.6 is 23.1 Å². The standard InChI is InChI=1S/C18H17FN4OS2/c1-11-7-9-13(10-8-11)20-17-22-23-18(26-17)25-12(2)16(24)21-15-6-4-3-5-14(15)19/h3-10,12H,1-2H3,(H,20,22)(H,21,24)/t12-/m1/s1. The van der Waals surface area contributed by atoms with Gasteiger partial charge in [0.15, 0.2) is 4.34 Å². The third-order valence-corrected chi connectivity index (χ3v) is 5.51. The number of aromatic nitrogens is 2. The van der Waals surface area contributed by atoms with E-state index in [1.54, 1.807) is 19.1 Å². The minimum Gasteiger partial charge on any atom is -0.330 e. The van der Waals surface area contributed by atoms with Gasteiger partial charge < -0.3 is 10.6 Å². The number of carbonyl (C=O) groups excluding carboxylic acids is 1. The van der Waals surface area contributed by atoms with Crippen molar-refractivity contribution in [3.63, 3.8) is 0 Å². The molecule has 1 amide bonds. The van der Waals surface area contributed by atoms with Gasteiger partial charge in [0.05, 0.1) is 10.9 Å². The van der Waals surface area contributed by atoms with Gasteiger partial charge in [-0.25, -0.2) is 4.39 Å². The summed E-state index contributed by atoms with van der Waals surface area (Å²) >= 11 is 2.64. The van der Waals surface area contributed by atoms with Crippen LogP contribution in [0.2, 0.25) is 0 Å². The molecule has 0 saturated heterocycles. The van der Waals surface area contributed by atoms with E-state index in [0.29, 0.717) is 9.47 Å². The lowest BCUT2D eigenvalue weighted by atomic mass is 10.2. The summed E-state index contributed by atoms with van der Waals surface area (Å²) in [4.78, 5) is 12.2. The third-order valence-electron chi connectivity index (χ3n) is 3.49. The Hall–Kier alpha value is -2.45. The molecule has 0 bridgehead atoms. The SMILES string of the molecule is Cc1ccc(Nc2nnc(S[C@H](C)C(=O)Nc3ccccc3F)s2)cc1. The number of thioether (sulfide) groups is 1. The molecule has 0 radical (unpaired) electrons. The number of benzene rings is 2. The molecule has 134 valence electrons. The molecule has 0 spiro atoms. The van der Waals surface area contributed by atoms with Gasteiger partial charge in [-0.2, -0.15) is 0 Å². The number of amides is 1. The van der Waals surface area contributed by atoms with Crippen LogP contribution < -0.4 is 10.6 Å². The van der Waals surface area contributed by atoms with Crippen LogP contribution in [-0.2, 0) is 4.79 Å². The highest BCUT2D eigenvalue weighted by atomic mass is 32.2. The number of hydrogen-bond donors (Lipinski definition) is 2. The molecule has 8 heteroatoms. The van der Waals surface area contributed by atoms with Crippen molar-refractivity contribution < 1.29 is 9.18 Å². The maximum absolute atomic E-state index is 13.6. The van der Waals surface area contributed by atoms with E-state index in [1.807, 2.05) is 31.2 Å². The van der Waals surface area contributed by atoms with Gasteiger partial charge in [-0.15, -0.1) is 10.2 Å². The van der Waals surface area contributed by atoms with Gasteiger partial charge in [0.25, 0.3) is 0 Å². The van der Waals surface area contributed by atoms with Gasteiger partial charge in [-0.3, -0.25) is 4.79 Å². The van der Waals surface area contributed by atoms with Crippen LogP contribution in [0.5, 0.6) is 0 Å². The first-order chi connectivity index (χ1) is 12.5. The van der Waals surface area contributed by atoms with Crippen LogP contribution in [0.3, 0.4) is 0 Å². The lowest BCUT2D eigenvalue weighted by Gasteiger charge is -2.10. The molecule has 0 fully saturated rings. The zero-order chi connectivity index (χ0) is 18.5. The molecule has 0 aliphatic heterocycles. The molecule has 2 N–H and O–H groups in total. The van der Waals surface area contributed by atoms with E-state index in [0.717, 1.165) is 5.69 Å². The number of aryl methyl sites for hydroxylation is 1. The first-order valence-corrected chi connectivity index (χ1v) is 9.60. The van der Waals surface area contributed by atoms with Crippen LogP contribution in [0, 0.1) is 12.7 Å². The molecule has 3 rings (SSSR count). The quantitative estimate of drug-likeness (QED) is 0.591. The molecule has 2 aromatic carbocycles. The fraction of sp³-hybridized carbons (Fsp3) is 0.167. The molecule has 26 heavy (non-hydrogen) atoms. The van der Waals surface area contributed by atoms with Crippen molar-refractivity contribution in [2.45, 2.75) is 23.4 Å². The zero-order valence-electron chi connectivity index (χ0n) is 14.2. The number of hydrogen-bond acceptors (Lipinski definition) is 6.